The van der Waals surface area contributed by atoms with Gasteiger partial charge in [0, 0.05) is 17.7 Å². The Labute approximate surface area is 262 Å². The van der Waals surface area contributed by atoms with Gasteiger partial charge in [-0.25, -0.2) is 15.0 Å². The van der Waals surface area contributed by atoms with Crippen molar-refractivity contribution >= 4 is 0 Å². The lowest BCUT2D eigenvalue weighted by Gasteiger charge is -2.16. The van der Waals surface area contributed by atoms with Crippen LogP contribution in [0, 0.1) is 11.8 Å². The standard InChI is InChI=1S/C37H47N3O4/c1-5-9-14-26(7-3)24-43-29-18-20-31(33(41)22-29)36-38-35(28-16-12-11-13-17-28)39-37(40-36)32-21-19-30(23-34(32)42)44-25-27(8-4)15-10-6-2/h11-13,16-23,26-27,41-42H,5-10,14-15,24-25H2,1-4H3. The molecule has 2 N–H and O–H groups in total. The number of aromatic hydroxyl groups is 2. The molecule has 0 spiro atoms. The molecule has 2 atom stereocenters. The number of phenols is 2. The van der Waals surface area contributed by atoms with Crippen LogP contribution in [0.1, 0.15) is 79.1 Å². The summed E-state index contributed by atoms with van der Waals surface area (Å²) in [6.45, 7) is 9.98. The molecular weight excluding hydrogens is 550 g/mol. The van der Waals surface area contributed by atoms with E-state index >= 15 is 0 Å². The summed E-state index contributed by atoms with van der Waals surface area (Å²) in [6.07, 6.45) is 9.06. The Balaban J connectivity index is 1.62. The molecule has 2 unspecified atom stereocenters. The lowest BCUT2D eigenvalue weighted by atomic mass is 10.0. The van der Waals surface area contributed by atoms with E-state index in [4.69, 9.17) is 24.4 Å². The van der Waals surface area contributed by atoms with Crippen LogP contribution in [0.5, 0.6) is 23.0 Å². The highest BCUT2D eigenvalue weighted by atomic mass is 16.5. The molecule has 44 heavy (non-hydrogen) atoms. The van der Waals surface area contributed by atoms with Crippen LogP contribution in [0.2, 0.25) is 0 Å². The van der Waals surface area contributed by atoms with Crippen LogP contribution in [0.15, 0.2) is 66.7 Å². The van der Waals surface area contributed by atoms with Crippen LogP contribution in [0.25, 0.3) is 34.2 Å². The first-order chi connectivity index (χ1) is 21.4. The van der Waals surface area contributed by atoms with Crippen molar-refractivity contribution in [1.82, 2.24) is 15.0 Å². The second kappa shape index (κ2) is 16.6. The maximum Gasteiger partial charge on any atom is 0.167 e. The Kier molecular flexibility index (Phi) is 12.4. The Hall–Kier alpha value is -4.13. The fourth-order valence-electron chi connectivity index (χ4n) is 5.14. The molecular formula is C37H47N3O4. The molecule has 7 nitrogen and oxygen atoms in total. The summed E-state index contributed by atoms with van der Waals surface area (Å²) in [4.78, 5) is 14.1. The summed E-state index contributed by atoms with van der Waals surface area (Å²) in [7, 11) is 0. The number of rotatable bonds is 17. The van der Waals surface area contributed by atoms with Crippen LogP contribution in [-0.2, 0) is 0 Å². The van der Waals surface area contributed by atoms with E-state index in [9.17, 15) is 10.2 Å². The van der Waals surface area contributed by atoms with Gasteiger partial charge in [-0.2, -0.15) is 0 Å². The molecule has 0 aliphatic rings. The quantitative estimate of drug-likeness (QED) is 0.125. The predicted molar refractivity (Wildman–Crippen MR) is 177 cm³/mol. The van der Waals surface area contributed by atoms with Gasteiger partial charge in [0.05, 0.1) is 24.3 Å². The van der Waals surface area contributed by atoms with Crippen LogP contribution >= 0.6 is 0 Å². The van der Waals surface area contributed by atoms with Gasteiger partial charge in [-0.1, -0.05) is 96.6 Å². The zero-order valence-electron chi connectivity index (χ0n) is 26.6. The molecule has 3 aromatic carbocycles. The molecule has 0 saturated heterocycles. The minimum absolute atomic E-state index is 0.0155. The Morgan fingerprint density at radius 3 is 1.45 bits per heavy atom. The summed E-state index contributed by atoms with van der Waals surface area (Å²) >= 11 is 0. The minimum atomic E-state index is 0.0155. The highest BCUT2D eigenvalue weighted by Crippen LogP contribution is 2.36. The molecule has 1 aromatic heterocycles. The van der Waals surface area contributed by atoms with Crippen molar-refractivity contribution in [3.05, 3.63) is 66.7 Å². The van der Waals surface area contributed by atoms with E-state index in [1.54, 1.807) is 24.3 Å². The number of aromatic nitrogens is 3. The van der Waals surface area contributed by atoms with Gasteiger partial charge in [0.25, 0.3) is 0 Å². The molecule has 7 heteroatoms. The lowest BCUT2D eigenvalue weighted by Crippen LogP contribution is -2.11. The van der Waals surface area contributed by atoms with Crippen molar-refractivity contribution in [1.29, 1.82) is 0 Å². The summed E-state index contributed by atoms with van der Waals surface area (Å²) in [5.74, 6) is 3.24. The molecule has 0 bridgehead atoms. The van der Waals surface area contributed by atoms with Crippen molar-refractivity contribution in [2.75, 3.05) is 13.2 Å². The van der Waals surface area contributed by atoms with E-state index < -0.39 is 0 Å². The third-order valence-electron chi connectivity index (χ3n) is 8.15. The fraction of sp³-hybridized carbons (Fsp3) is 0.432. The summed E-state index contributed by atoms with van der Waals surface area (Å²) in [5.41, 5.74) is 1.70. The Morgan fingerprint density at radius 2 is 1.05 bits per heavy atom. The van der Waals surface area contributed by atoms with Crippen molar-refractivity contribution in [3.63, 3.8) is 0 Å². The first-order valence-corrected chi connectivity index (χ1v) is 16.2. The summed E-state index contributed by atoms with van der Waals surface area (Å²) in [6, 6.07) is 20.0. The minimum Gasteiger partial charge on any atom is -0.507 e. The van der Waals surface area contributed by atoms with Gasteiger partial charge in [0.15, 0.2) is 17.5 Å². The number of unbranched alkanes of at least 4 members (excludes halogenated alkanes) is 2. The lowest BCUT2D eigenvalue weighted by molar-refractivity contribution is 0.232. The zero-order valence-corrected chi connectivity index (χ0v) is 26.6. The second-order valence-electron chi connectivity index (χ2n) is 11.5. The smallest absolute Gasteiger partial charge is 0.167 e. The number of hydrogen-bond donors (Lipinski definition) is 2. The van der Waals surface area contributed by atoms with E-state index in [2.05, 4.69) is 27.7 Å². The van der Waals surface area contributed by atoms with Crippen LogP contribution < -0.4 is 9.47 Å². The Bertz CT molecular complexity index is 1370. The fourth-order valence-corrected chi connectivity index (χ4v) is 5.14. The summed E-state index contributed by atoms with van der Waals surface area (Å²) in [5, 5.41) is 22.1. The van der Waals surface area contributed by atoms with Crippen LogP contribution in [0.3, 0.4) is 0 Å². The van der Waals surface area contributed by atoms with Gasteiger partial charge < -0.3 is 19.7 Å². The molecule has 0 aliphatic carbocycles. The van der Waals surface area contributed by atoms with Gasteiger partial charge in [-0.15, -0.1) is 0 Å². The number of hydrogen-bond acceptors (Lipinski definition) is 7. The topological polar surface area (TPSA) is 97.6 Å². The van der Waals surface area contributed by atoms with Gasteiger partial charge in [-0.05, 0) is 48.9 Å². The van der Waals surface area contributed by atoms with E-state index in [0.717, 1.165) is 31.2 Å². The average molecular weight is 598 g/mol. The van der Waals surface area contributed by atoms with Crippen LogP contribution in [-0.4, -0.2) is 38.4 Å². The van der Waals surface area contributed by atoms with Crippen molar-refractivity contribution in [2.24, 2.45) is 11.8 Å². The normalized spacial score (nSPS) is 12.5. The molecule has 4 aromatic rings. The van der Waals surface area contributed by atoms with Gasteiger partial charge in [-0.3, -0.25) is 0 Å². The predicted octanol–water partition coefficient (Wildman–Crippen LogP) is 9.47. The maximum atomic E-state index is 11.1. The van der Waals surface area contributed by atoms with Crippen molar-refractivity contribution in [2.45, 2.75) is 79.1 Å². The van der Waals surface area contributed by atoms with E-state index in [1.807, 2.05) is 42.5 Å². The number of benzene rings is 3. The molecule has 234 valence electrons. The highest BCUT2D eigenvalue weighted by molar-refractivity contribution is 5.72. The Morgan fingerprint density at radius 1 is 0.591 bits per heavy atom. The zero-order chi connectivity index (χ0) is 31.3. The molecule has 0 radical (unpaired) electrons. The molecule has 0 saturated carbocycles. The molecule has 0 aliphatic heterocycles. The average Bonchev–Trinajstić information content (AvgIpc) is 3.05. The van der Waals surface area contributed by atoms with Crippen molar-refractivity contribution < 1.29 is 19.7 Å². The maximum absolute atomic E-state index is 11.1. The molecule has 4 rings (SSSR count). The first kappa shape index (κ1) is 32.8. The first-order valence-electron chi connectivity index (χ1n) is 16.2. The third kappa shape index (κ3) is 8.94. The monoisotopic (exact) mass is 597 g/mol. The van der Waals surface area contributed by atoms with Gasteiger partial charge in [0.1, 0.15) is 23.0 Å². The van der Waals surface area contributed by atoms with E-state index in [-0.39, 0.29) is 11.5 Å². The van der Waals surface area contributed by atoms with Gasteiger partial charge >= 0.3 is 0 Å². The SMILES string of the molecule is CCCCC(CC)COc1ccc(-c2nc(-c3ccccc3)nc(-c3ccc(OCC(CC)CCCC)cc3O)n2)c(O)c1. The molecule has 0 fully saturated rings. The van der Waals surface area contributed by atoms with Crippen molar-refractivity contribution in [3.8, 4) is 57.2 Å². The number of ether oxygens (including phenoxy) is 2. The highest BCUT2D eigenvalue weighted by Gasteiger charge is 2.18. The third-order valence-corrected chi connectivity index (χ3v) is 8.15. The second-order valence-corrected chi connectivity index (χ2v) is 11.5. The van der Waals surface area contributed by atoms with Gasteiger partial charge in [0.2, 0.25) is 0 Å². The molecule has 0 amide bonds. The largest absolute Gasteiger partial charge is 0.507 e. The number of phenolic OH excluding ortho intramolecular Hbond substituents is 2. The van der Waals surface area contributed by atoms with Crippen LogP contribution in [0.4, 0.5) is 0 Å². The summed E-state index contributed by atoms with van der Waals surface area (Å²) < 4.78 is 12.1. The molecule has 1 heterocycles. The van der Waals surface area contributed by atoms with E-state index in [1.165, 1.54) is 25.7 Å². The van der Waals surface area contributed by atoms with E-state index in [0.29, 0.717) is 65.1 Å². The number of nitrogens with zero attached hydrogens (tertiary/aromatic N) is 3.